The van der Waals surface area contributed by atoms with Crippen molar-refractivity contribution in [2.75, 3.05) is 26.7 Å². The Morgan fingerprint density at radius 1 is 1.47 bits per heavy atom. The van der Waals surface area contributed by atoms with Gasteiger partial charge in [0, 0.05) is 13.1 Å². The van der Waals surface area contributed by atoms with Crippen LogP contribution in [-0.2, 0) is 14.3 Å². The number of methoxy groups -OCH3 is 1. The SMILES string of the molecule is C=CCN(CC(=O)O)C(=O)NCCC(=O)OC. The molecule has 0 aromatic rings. The molecule has 0 bridgehead atoms. The van der Waals surface area contributed by atoms with E-state index in [9.17, 15) is 14.4 Å². The minimum absolute atomic E-state index is 0.0389. The van der Waals surface area contributed by atoms with Gasteiger partial charge in [0.05, 0.1) is 13.5 Å². The van der Waals surface area contributed by atoms with E-state index in [-0.39, 0.29) is 19.5 Å². The zero-order valence-electron chi connectivity index (χ0n) is 9.64. The molecule has 0 aliphatic heterocycles. The molecule has 0 atom stereocenters. The summed E-state index contributed by atoms with van der Waals surface area (Å²) < 4.78 is 4.39. The molecule has 96 valence electrons. The molecule has 0 aromatic carbocycles. The van der Waals surface area contributed by atoms with Crippen molar-refractivity contribution in [1.29, 1.82) is 0 Å². The van der Waals surface area contributed by atoms with Gasteiger partial charge in [0.15, 0.2) is 0 Å². The summed E-state index contributed by atoms with van der Waals surface area (Å²) in [6.45, 7) is 3.22. The first-order valence-electron chi connectivity index (χ1n) is 4.93. The molecule has 0 heterocycles. The van der Waals surface area contributed by atoms with Crippen LogP contribution in [0.15, 0.2) is 12.7 Å². The summed E-state index contributed by atoms with van der Waals surface area (Å²) in [5.41, 5.74) is 0. The normalized spacial score (nSPS) is 9.24. The zero-order valence-corrected chi connectivity index (χ0v) is 9.64. The Morgan fingerprint density at radius 3 is 2.59 bits per heavy atom. The first-order valence-corrected chi connectivity index (χ1v) is 4.93. The monoisotopic (exact) mass is 244 g/mol. The van der Waals surface area contributed by atoms with Crippen LogP contribution >= 0.6 is 0 Å². The second-order valence-electron chi connectivity index (χ2n) is 3.12. The molecule has 0 unspecified atom stereocenters. The van der Waals surface area contributed by atoms with Crippen LogP contribution in [0.25, 0.3) is 0 Å². The number of carboxylic acids is 1. The van der Waals surface area contributed by atoms with Crippen LogP contribution in [0, 0.1) is 0 Å². The molecule has 0 aliphatic carbocycles. The van der Waals surface area contributed by atoms with E-state index in [4.69, 9.17) is 5.11 Å². The molecular weight excluding hydrogens is 228 g/mol. The quantitative estimate of drug-likeness (QED) is 0.479. The number of nitrogens with one attached hydrogen (secondary N) is 1. The number of ether oxygens (including phenoxy) is 1. The second kappa shape index (κ2) is 8.14. The summed E-state index contributed by atoms with van der Waals surface area (Å²) in [4.78, 5) is 33.8. The highest BCUT2D eigenvalue weighted by atomic mass is 16.5. The van der Waals surface area contributed by atoms with Crippen molar-refractivity contribution in [2.45, 2.75) is 6.42 Å². The summed E-state index contributed by atoms with van der Waals surface area (Å²) in [6.07, 6.45) is 1.46. The smallest absolute Gasteiger partial charge is 0.323 e. The average molecular weight is 244 g/mol. The Bertz CT molecular complexity index is 303. The van der Waals surface area contributed by atoms with Gasteiger partial charge in [0.2, 0.25) is 0 Å². The van der Waals surface area contributed by atoms with Gasteiger partial charge < -0.3 is 20.1 Å². The molecule has 2 N–H and O–H groups in total. The minimum Gasteiger partial charge on any atom is -0.480 e. The van der Waals surface area contributed by atoms with Gasteiger partial charge in [-0.2, -0.15) is 0 Å². The Hall–Kier alpha value is -2.05. The molecule has 0 aromatic heterocycles. The number of esters is 1. The Labute approximate surface area is 99.0 Å². The van der Waals surface area contributed by atoms with Crippen LogP contribution in [0.4, 0.5) is 4.79 Å². The number of carbonyl (C=O) groups excluding carboxylic acids is 2. The Morgan fingerprint density at radius 2 is 2.12 bits per heavy atom. The molecule has 0 saturated heterocycles. The van der Waals surface area contributed by atoms with Crippen molar-refractivity contribution in [3.05, 3.63) is 12.7 Å². The number of hydrogen-bond donors (Lipinski definition) is 2. The molecule has 0 rings (SSSR count). The molecule has 7 nitrogen and oxygen atoms in total. The summed E-state index contributed by atoms with van der Waals surface area (Å²) >= 11 is 0. The van der Waals surface area contributed by atoms with Gasteiger partial charge in [0.1, 0.15) is 6.54 Å². The minimum atomic E-state index is -1.12. The number of amides is 2. The maximum Gasteiger partial charge on any atom is 0.323 e. The molecule has 2 amide bonds. The van der Waals surface area contributed by atoms with E-state index in [1.165, 1.54) is 13.2 Å². The summed E-state index contributed by atoms with van der Waals surface area (Å²) in [7, 11) is 1.25. The lowest BCUT2D eigenvalue weighted by atomic mass is 10.4. The predicted molar refractivity (Wildman–Crippen MR) is 59.4 cm³/mol. The Balaban J connectivity index is 4.09. The van der Waals surface area contributed by atoms with Gasteiger partial charge in [-0.05, 0) is 0 Å². The predicted octanol–water partition coefficient (Wildman–Crippen LogP) is -0.168. The van der Waals surface area contributed by atoms with Crippen molar-refractivity contribution < 1.29 is 24.2 Å². The number of hydrogen-bond acceptors (Lipinski definition) is 4. The molecule has 0 fully saturated rings. The van der Waals surface area contributed by atoms with E-state index >= 15 is 0 Å². The first-order chi connectivity index (χ1) is 8.01. The molecule has 0 radical (unpaired) electrons. The fourth-order valence-corrected chi connectivity index (χ4v) is 1.02. The number of nitrogens with zero attached hydrogens (tertiary/aromatic N) is 1. The van der Waals surface area contributed by atoms with Crippen LogP contribution in [-0.4, -0.2) is 54.7 Å². The molecule has 0 saturated carbocycles. The third kappa shape index (κ3) is 6.93. The van der Waals surface area contributed by atoms with Crippen molar-refractivity contribution in [3.8, 4) is 0 Å². The van der Waals surface area contributed by atoms with Gasteiger partial charge in [0.25, 0.3) is 0 Å². The largest absolute Gasteiger partial charge is 0.480 e. The average Bonchev–Trinajstić information content (AvgIpc) is 2.27. The van der Waals surface area contributed by atoms with Crippen LogP contribution in [0.3, 0.4) is 0 Å². The van der Waals surface area contributed by atoms with E-state index in [0.29, 0.717) is 0 Å². The standard InChI is InChI=1S/C10H16N2O5/c1-3-6-12(7-8(13)14)10(16)11-5-4-9(15)17-2/h3H,1,4-7H2,2H3,(H,11,16)(H,13,14). The number of carbonyl (C=O) groups is 3. The number of carboxylic acid groups (broad SMARTS) is 1. The molecular formula is C10H16N2O5. The van der Waals surface area contributed by atoms with Crippen molar-refractivity contribution in [1.82, 2.24) is 10.2 Å². The second-order valence-corrected chi connectivity index (χ2v) is 3.12. The summed E-state index contributed by atoms with van der Waals surface area (Å²) in [6, 6.07) is -0.559. The maximum absolute atomic E-state index is 11.5. The van der Waals surface area contributed by atoms with Gasteiger partial charge in [-0.1, -0.05) is 6.08 Å². The third-order valence-electron chi connectivity index (χ3n) is 1.80. The Kier molecular flexibility index (Phi) is 7.16. The highest BCUT2D eigenvalue weighted by Gasteiger charge is 2.14. The van der Waals surface area contributed by atoms with E-state index < -0.39 is 24.5 Å². The lowest BCUT2D eigenvalue weighted by Crippen LogP contribution is -2.43. The van der Waals surface area contributed by atoms with Crippen LogP contribution in [0.5, 0.6) is 0 Å². The third-order valence-corrected chi connectivity index (χ3v) is 1.80. The topological polar surface area (TPSA) is 95.9 Å². The summed E-state index contributed by atoms with van der Waals surface area (Å²) in [5.74, 6) is -1.56. The van der Waals surface area contributed by atoms with E-state index in [0.717, 1.165) is 4.90 Å². The number of rotatable bonds is 7. The highest BCUT2D eigenvalue weighted by Crippen LogP contribution is 1.91. The lowest BCUT2D eigenvalue weighted by molar-refractivity contribution is -0.140. The van der Waals surface area contributed by atoms with Crippen LogP contribution in [0.1, 0.15) is 6.42 Å². The number of urea groups is 1. The van der Waals surface area contributed by atoms with Crippen LogP contribution < -0.4 is 5.32 Å². The zero-order chi connectivity index (χ0) is 13.3. The maximum atomic E-state index is 11.5. The number of aliphatic carboxylic acids is 1. The van der Waals surface area contributed by atoms with Gasteiger partial charge >= 0.3 is 18.0 Å². The first kappa shape index (κ1) is 14.9. The van der Waals surface area contributed by atoms with Crippen molar-refractivity contribution in [2.24, 2.45) is 0 Å². The van der Waals surface area contributed by atoms with E-state index in [1.807, 2.05) is 0 Å². The fourth-order valence-electron chi connectivity index (χ4n) is 1.02. The van der Waals surface area contributed by atoms with E-state index in [2.05, 4.69) is 16.6 Å². The summed E-state index contributed by atoms with van der Waals surface area (Å²) in [5, 5.41) is 11.0. The van der Waals surface area contributed by atoms with Gasteiger partial charge in [-0.25, -0.2) is 4.79 Å². The van der Waals surface area contributed by atoms with Crippen molar-refractivity contribution >= 4 is 18.0 Å². The van der Waals surface area contributed by atoms with E-state index in [1.54, 1.807) is 0 Å². The molecule has 7 heteroatoms. The molecule has 0 spiro atoms. The molecule has 0 aliphatic rings. The van der Waals surface area contributed by atoms with Gasteiger partial charge in [-0.15, -0.1) is 6.58 Å². The lowest BCUT2D eigenvalue weighted by Gasteiger charge is -2.19. The van der Waals surface area contributed by atoms with Crippen molar-refractivity contribution in [3.63, 3.8) is 0 Å². The van der Waals surface area contributed by atoms with Gasteiger partial charge in [-0.3, -0.25) is 9.59 Å². The molecule has 17 heavy (non-hydrogen) atoms. The van der Waals surface area contributed by atoms with Crippen LogP contribution in [0.2, 0.25) is 0 Å². The highest BCUT2D eigenvalue weighted by molar-refractivity contribution is 5.80. The fraction of sp³-hybridized carbons (Fsp3) is 0.500.